The smallest absolute Gasteiger partial charge is 0.303 e. The van der Waals surface area contributed by atoms with Gasteiger partial charge in [0, 0.05) is 37.2 Å². The number of hydrogen-bond acceptors (Lipinski definition) is 4. The van der Waals surface area contributed by atoms with Crippen LogP contribution >= 0.6 is 0 Å². The molecule has 0 aromatic heterocycles. The summed E-state index contributed by atoms with van der Waals surface area (Å²) in [7, 11) is 0. The van der Waals surface area contributed by atoms with Crippen LogP contribution in [0.5, 0.6) is 0 Å². The van der Waals surface area contributed by atoms with Gasteiger partial charge in [0.1, 0.15) is 0 Å². The molecule has 0 saturated carbocycles. The highest BCUT2D eigenvalue weighted by atomic mass is 16.4. The maximum Gasteiger partial charge on any atom is 0.303 e. The molecule has 0 fully saturated rings. The SMILES string of the molecule is CC1=NN(c2ccc(C(=O)NCCCCCCCC(=O)O)cc2)CC1. The molecule has 0 radical (unpaired) electrons. The van der Waals surface area contributed by atoms with E-state index < -0.39 is 5.97 Å². The summed E-state index contributed by atoms with van der Waals surface area (Å²) < 4.78 is 0. The van der Waals surface area contributed by atoms with Crippen LogP contribution in [0.25, 0.3) is 0 Å². The van der Waals surface area contributed by atoms with Crippen LogP contribution in [0.4, 0.5) is 5.69 Å². The molecule has 1 heterocycles. The number of nitrogens with zero attached hydrogens (tertiary/aromatic N) is 2. The van der Waals surface area contributed by atoms with Gasteiger partial charge in [0.25, 0.3) is 5.91 Å². The Morgan fingerprint density at radius 3 is 2.44 bits per heavy atom. The van der Waals surface area contributed by atoms with Crippen LogP contribution in [0.2, 0.25) is 0 Å². The van der Waals surface area contributed by atoms with Crippen LogP contribution in [0, 0.1) is 0 Å². The number of benzene rings is 1. The van der Waals surface area contributed by atoms with Gasteiger partial charge in [-0.3, -0.25) is 14.6 Å². The van der Waals surface area contributed by atoms with E-state index in [1.54, 1.807) is 0 Å². The van der Waals surface area contributed by atoms with E-state index >= 15 is 0 Å². The number of nitrogens with one attached hydrogen (secondary N) is 1. The van der Waals surface area contributed by atoms with Crippen molar-refractivity contribution in [1.29, 1.82) is 0 Å². The van der Waals surface area contributed by atoms with Crippen molar-refractivity contribution in [3.63, 3.8) is 0 Å². The minimum absolute atomic E-state index is 0.0569. The van der Waals surface area contributed by atoms with E-state index in [9.17, 15) is 9.59 Å². The molecule has 0 spiro atoms. The van der Waals surface area contributed by atoms with E-state index in [1.807, 2.05) is 36.2 Å². The molecule has 0 aliphatic carbocycles. The first-order chi connectivity index (χ1) is 12.1. The Morgan fingerprint density at radius 1 is 1.12 bits per heavy atom. The number of amides is 1. The maximum absolute atomic E-state index is 12.1. The van der Waals surface area contributed by atoms with Gasteiger partial charge in [-0.1, -0.05) is 19.3 Å². The Balaban J connectivity index is 1.63. The minimum atomic E-state index is -0.732. The first-order valence-corrected chi connectivity index (χ1v) is 8.98. The Morgan fingerprint density at radius 2 is 1.80 bits per heavy atom. The molecule has 6 heteroatoms. The summed E-state index contributed by atoms with van der Waals surface area (Å²) in [5, 5.41) is 17.9. The van der Waals surface area contributed by atoms with E-state index in [-0.39, 0.29) is 12.3 Å². The first kappa shape index (κ1) is 19.0. The van der Waals surface area contributed by atoms with Gasteiger partial charge in [-0.2, -0.15) is 5.10 Å². The van der Waals surface area contributed by atoms with Crippen molar-refractivity contribution in [2.45, 2.75) is 51.9 Å². The number of anilines is 1. The van der Waals surface area contributed by atoms with Gasteiger partial charge in [-0.25, -0.2) is 0 Å². The van der Waals surface area contributed by atoms with E-state index in [1.165, 1.54) is 0 Å². The molecule has 0 atom stereocenters. The molecule has 1 aromatic rings. The van der Waals surface area contributed by atoms with Crippen molar-refractivity contribution < 1.29 is 14.7 Å². The minimum Gasteiger partial charge on any atom is -0.481 e. The molecular weight excluding hydrogens is 318 g/mol. The molecule has 0 bridgehead atoms. The van der Waals surface area contributed by atoms with Gasteiger partial charge in [0.15, 0.2) is 0 Å². The molecule has 2 N–H and O–H groups in total. The summed E-state index contributed by atoms with van der Waals surface area (Å²) in [6.45, 7) is 3.56. The number of carboxylic acids is 1. The van der Waals surface area contributed by atoms with E-state index in [4.69, 9.17) is 5.11 Å². The van der Waals surface area contributed by atoms with Crippen LogP contribution in [0.15, 0.2) is 29.4 Å². The molecule has 0 unspecified atom stereocenters. The molecular formula is C19H27N3O3. The highest BCUT2D eigenvalue weighted by Crippen LogP contribution is 2.19. The lowest BCUT2D eigenvalue weighted by molar-refractivity contribution is -0.137. The van der Waals surface area contributed by atoms with Crippen LogP contribution in [-0.4, -0.2) is 35.8 Å². The Kier molecular flexibility index (Phi) is 7.44. The second-order valence-corrected chi connectivity index (χ2v) is 6.42. The number of carboxylic acid groups (broad SMARTS) is 1. The van der Waals surface area contributed by atoms with Crippen molar-refractivity contribution in [1.82, 2.24) is 5.32 Å². The fourth-order valence-corrected chi connectivity index (χ4v) is 2.78. The van der Waals surface area contributed by atoms with E-state index in [2.05, 4.69) is 10.4 Å². The van der Waals surface area contributed by atoms with Crippen LogP contribution in [0.1, 0.15) is 62.2 Å². The topological polar surface area (TPSA) is 82.0 Å². The molecule has 1 amide bonds. The normalized spacial score (nSPS) is 13.6. The van der Waals surface area contributed by atoms with E-state index in [0.717, 1.165) is 56.5 Å². The molecule has 136 valence electrons. The average molecular weight is 345 g/mol. The third-order valence-electron chi connectivity index (χ3n) is 4.26. The van der Waals surface area contributed by atoms with Crippen LogP contribution < -0.4 is 10.3 Å². The second kappa shape index (κ2) is 9.81. The van der Waals surface area contributed by atoms with Crippen molar-refractivity contribution in [3.05, 3.63) is 29.8 Å². The number of unbranched alkanes of at least 4 members (excludes halogenated alkanes) is 4. The van der Waals surface area contributed by atoms with Crippen molar-refractivity contribution in [2.24, 2.45) is 5.10 Å². The quantitative estimate of drug-likeness (QED) is 0.637. The van der Waals surface area contributed by atoms with Crippen molar-refractivity contribution >= 4 is 23.3 Å². The number of carbonyl (C=O) groups is 2. The fourth-order valence-electron chi connectivity index (χ4n) is 2.78. The lowest BCUT2D eigenvalue weighted by atomic mass is 10.1. The lowest BCUT2D eigenvalue weighted by Crippen LogP contribution is -2.24. The molecule has 6 nitrogen and oxygen atoms in total. The average Bonchev–Trinajstić information content (AvgIpc) is 3.03. The monoisotopic (exact) mass is 345 g/mol. The highest BCUT2D eigenvalue weighted by molar-refractivity contribution is 5.94. The van der Waals surface area contributed by atoms with Gasteiger partial charge in [0.2, 0.25) is 0 Å². The van der Waals surface area contributed by atoms with Crippen molar-refractivity contribution in [3.8, 4) is 0 Å². The van der Waals surface area contributed by atoms with Crippen LogP contribution in [-0.2, 0) is 4.79 Å². The fraction of sp³-hybridized carbons (Fsp3) is 0.526. The van der Waals surface area contributed by atoms with Gasteiger partial charge >= 0.3 is 5.97 Å². The lowest BCUT2D eigenvalue weighted by Gasteiger charge is -2.14. The standard InChI is InChI=1S/C19H27N3O3/c1-15-12-14-22(21-15)17-10-8-16(9-11-17)19(25)20-13-6-4-2-3-5-7-18(23)24/h8-11H,2-7,12-14H2,1H3,(H,20,25)(H,23,24). The Hall–Kier alpha value is -2.37. The number of aliphatic carboxylic acids is 1. The van der Waals surface area contributed by atoms with Gasteiger partial charge in [0.05, 0.1) is 5.69 Å². The zero-order valence-electron chi connectivity index (χ0n) is 14.8. The van der Waals surface area contributed by atoms with Gasteiger partial charge in [-0.15, -0.1) is 0 Å². The Labute approximate surface area is 148 Å². The summed E-state index contributed by atoms with van der Waals surface area (Å²) in [5.74, 6) is -0.788. The number of hydrogen-bond donors (Lipinski definition) is 2. The third-order valence-corrected chi connectivity index (χ3v) is 4.26. The predicted molar refractivity (Wildman–Crippen MR) is 99.2 cm³/mol. The largest absolute Gasteiger partial charge is 0.481 e. The summed E-state index contributed by atoms with van der Waals surface area (Å²) in [6.07, 6.45) is 5.82. The summed E-state index contributed by atoms with van der Waals surface area (Å²) in [6, 6.07) is 7.53. The molecule has 25 heavy (non-hydrogen) atoms. The molecule has 1 aliphatic rings. The summed E-state index contributed by atoms with van der Waals surface area (Å²) in [5.41, 5.74) is 2.80. The van der Waals surface area contributed by atoms with E-state index in [0.29, 0.717) is 12.1 Å². The third kappa shape index (κ3) is 6.57. The predicted octanol–water partition coefficient (Wildman–Crippen LogP) is 3.43. The molecule has 2 rings (SSSR count). The highest BCUT2D eigenvalue weighted by Gasteiger charge is 2.13. The number of hydrazone groups is 1. The molecule has 0 saturated heterocycles. The number of rotatable bonds is 10. The first-order valence-electron chi connectivity index (χ1n) is 8.98. The summed E-state index contributed by atoms with van der Waals surface area (Å²) >= 11 is 0. The summed E-state index contributed by atoms with van der Waals surface area (Å²) in [4.78, 5) is 22.5. The zero-order chi connectivity index (χ0) is 18.1. The van der Waals surface area contributed by atoms with Crippen LogP contribution in [0.3, 0.4) is 0 Å². The molecule has 1 aliphatic heterocycles. The molecule has 1 aromatic carbocycles. The Bertz CT molecular complexity index is 611. The zero-order valence-corrected chi connectivity index (χ0v) is 14.8. The maximum atomic E-state index is 12.1. The van der Waals surface area contributed by atoms with Gasteiger partial charge in [-0.05, 0) is 44.0 Å². The number of carbonyl (C=O) groups excluding carboxylic acids is 1. The second-order valence-electron chi connectivity index (χ2n) is 6.42. The van der Waals surface area contributed by atoms with Crippen molar-refractivity contribution in [2.75, 3.05) is 18.1 Å². The van der Waals surface area contributed by atoms with Gasteiger partial charge < -0.3 is 10.4 Å².